The number of hydrogen-bond donors (Lipinski definition) is 1. The second-order valence-electron chi connectivity index (χ2n) is 6.55. The van der Waals surface area contributed by atoms with Crippen LogP contribution in [0, 0.1) is 33.9 Å². The van der Waals surface area contributed by atoms with E-state index in [2.05, 4.69) is 33.0 Å². The van der Waals surface area contributed by atoms with Gasteiger partial charge in [0.05, 0.1) is 5.56 Å². The van der Waals surface area contributed by atoms with Crippen LogP contribution in [0.1, 0.15) is 38.8 Å². The molecule has 1 fully saturated rings. The van der Waals surface area contributed by atoms with E-state index in [0.29, 0.717) is 23.3 Å². The first-order valence-corrected chi connectivity index (χ1v) is 6.70. The molecule has 19 heavy (non-hydrogen) atoms. The van der Waals surface area contributed by atoms with Crippen LogP contribution < -0.4 is 5.32 Å². The highest BCUT2D eigenvalue weighted by Gasteiger charge is 2.63. The molecule has 2 nitrogen and oxygen atoms in total. The average Bonchev–Trinajstić information content (AvgIpc) is 2.73. The Morgan fingerprint density at radius 2 is 1.89 bits per heavy atom. The van der Waals surface area contributed by atoms with Crippen LogP contribution in [0.25, 0.3) is 0 Å². The maximum atomic E-state index is 13.2. The monoisotopic (exact) mass is 260 g/mol. The molecule has 0 aromatic heterocycles. The Kier molecular flexibility index (Phi) is 3.40. The first-order chi connectivity index (χ1) is 8.80. The van der Waals surface area contributed by atoms with E-state index in [0.717, 1.165) is 12.1 Å². The third kappa shape index (κ3) is 2.37. The van der Waals surface area contributed by atoms with Crippen LogP contribution in [0.2, 0.25) is 0 Å². The Bertz CT molecular complexity index is 512. The van der Waals surface area contributed by atoms with Gasteiger partial charge in [0.2, 0.25) is 0 Å². The van der Waals surface area contributed by atoms with Crippen LogP contribution in [0.3, 0.4) is 0 Å². The molecule has 0 saturated heterocycles. The van der Waals surface area contributed by atoms with Crippen molar-refractivity contribution < 1.29 is 4.39 Å². The second kappa shape index (κ2) is 4.61. The van der Waals surface area contributed by atoms with E-state index in [1.807, 2.05) is 6.07 Å². The molecule has 1 aromatic carbocycles. The van der Waals surface area contributed by atoms with Crippen LogP contribution in [0.4, 0.5) is 4.39 Å². The Morgan fingerprint density at radius 3 is 2.42 bits per heavy atom. The molecule has 1 aliphatic rings. The lowest BCUT2D eigenvalue weighted by Gasteiger charge is -2.07. The van der Waals surface area contributed by atoms with Gasteiger partial charge in [0, 0.05) is 6.54 Å². The van der Waals surface area contributed by atoms with E-state index in [-0.39, 0.29) is 5.56 Å². The molecule has 1 aliphatic carbocycles. The Morgan fingerprint density at radius 1 is 1.26 bits per heavy atom. The van der Waals surface area contributed by atoms with E-state index >= 15 is 0 Å². The molecule has 0 bridgehead atoms. The maximum Gasteiger partial charge on any atom is 0.140 e. The van der Waals surface area contributed by atoms with Crippen molar-refractivity contribution in [1.29, 1.82) is 5.26 Å². The van der Waals surface area contributed by atoms with Gasteiger partial charge in [-0.05, 0) is 41.0 Å². The number of nitrogens with zero attached hydrogens (tertiary/aromatic N) is 1. The SMILES string of the molecule is CC1(C)C(CNCc2ccc(F)c(C#N)c2)C1(C)C. The van der Waals surface area contributed by atoms with Gasteiger partial charge < -0.3 is 5.32 Å². The van der Waals surface area contributed by atoms with E-state index in [1.165, 1.54) is 6.07 Å². The fraction of sp³-hybridized carbons (Fsp3) is 0.562. The van der Waals surface area contributed by atoms with E-state index < -0.39 is 5.82 Å². The average molecular weight is 260 g/mol. The van der Waals surface area contributed by atoms with Crippen molar-refractivity contribution in [2.24, 2.45) is 16.7 Å². The van der Waals surface area contributed by atoms with Crippen molar-refractivity contribution >= 4 is 0 Å². The minimum Gasteiger partial charge on any atom is -0.312 e. The maximum absolute atomic E-state index is 13.2. The molecule has 1 saturated carbocycles. The molecule has 0 spiro atoms. The molecular weight excluding hydrogens is 239 g/mol. The van der Waals surface area contributed by atoms with Gasteiger partial charge in [-0.3, -0.25) is 0 Å². The van der Waals surface area contributed by atoms with E-state index in [1.54, 1.807) is 12.1 Å². The highest BCUT2D eigenvalue weighted by Crippen LogP contribution is 2.67. The van der Waals surface area contributed by atoms with Gasteiger partial charge in [0.1, 0.15) is 11.9 Å². The van der Waals surface area contributed by atoms with E-state index in [9.17, 15) is 4.39 Å². The van der Waals surface area contributed by atoms with Gasteiger partial charge in [-0.2, -0.15) is 5.26 Å². The van der Waals surface area contributed by atoms with Crippen molar-refractivity contribution in [3.8, 4) is 6.07 Å². The summed E-state index contributed by atoms with van der Waals surface area (Å²) in [7, 11) is 0. The number of benzene rings is 1. The van der Waals surface area contributed by atoms with Crippen molar-refractivity contribution in [3.63, 3.8) is 0 Å². The summed E-state index contributed by atoms with van der Waals surface area (Å²) < 4.78 is 13.2. The summed E-state index contributed by atoms with van der Waals surface area (Å²) in [5.74, 6) is 0.214. The van der Waals surface area contributed by atoms with Gasteiger partial charge >= 0.3 is 0 Å². The van der Waals surface area contributed by atoms with Gasteiger partial charge in [-0.25, -0.2) is 4.39 Å². The van der Waals surface area contributed by atoms with E-state index in [4.69, 9.17) is 5.26 Å². The third-order valence-electron chi connectivity index (χ3n) is 5.15. The van der Waals surface area contributed by atoms with Crippen LogP contribution in [-0.2, 0) is 6.54 Å². The predicted octanol–water partition coefficient (Wildman–Crippen LogP) is 3.47. The van der Waals surface area contributed by atoms with Gasteiger partial charge in [-0.15, -0.1) is 0 Å². The molecule has 0 heterocycles. The first kappa shape index (κ1) is 14.0. The van der Waals surface area contributed by atoms with Crippen LogP contribution in [0.5, 0.6) is 0 Å². The zero-order chi connectivity index (χ0) is 14.3. The van der Waals surface area contributed by atoms with Gasteiger partial charge in [0.15, 0.2) is 0 Å². The molecule has 1 N–H and O–H groups in total. The molecule has 2 rings (SSSR count). The van der Waals surface area contributed by atoms with Crippen LogP contribution in [-0.4, -0.2) is 6.54 Å². The molecule has 1 aromatic rings. The normalized spacial score (nSPS) is 20.0. The minimum absolute atomic E-state index is 0.117. The first-order valence-electron chi connectivity index (χ1n) is 6.70. The number of halogens is 1. The Hall–Kier alpha value is -1.40. The molecule has 0 radical (unpaired) electrons. The van der Waals surface area contributed by atoms with Crippen molar-refractivity contribution in [3.05, 3.63) is 35.1 Å². The number of rotatable bonds is 4. The molecule has 0 aliphatic heterocycles. The molecule has 0 unspecified atom stereocenters. The Labute approximate surface area is 114 Å². The summed E-state index contributed by atoms with van der Waals surface area (Å²) in [4.78, 5) is 0. The summed E-state index contributed by atoms with van der Waals surface area (Å²) in [6.45, 7) is 10.8. The quantitative estimate of drug-likeness (QED) is 0.899. The summed E-state index contributed by atoms with van der Waals surface area (Å²) in [6.07, 6.45) is 0. The van der Waals surface area contributed by atoms with Crippen LogP contribution >= 0.6 is 0 Å². The van der Waals surface area contributed by atoms with Crippen molar-refractivity contribution in [1.82, 2.24) is 5.32 Å². The van der Waals surface area contributed by atoms with Crippen molar-refractivity contribution in [2.75, 3.05) is 6.54 Å². The predicted molar refractivity (Wildman–Crippen MR) is 73.9 cm³/mol. The lowest BCUT2D eigenvalue weighted by Crippen LogP contribution is -2.19. The zero-order valence-electron chi connectivity index (χ0n) is 12.0. The van der Waals surface area contributed by atoms with Crippen LogP contribution in [0.15, 0.2) is 18.2 Å². The number of nitrogens with one attached hydrogen (secondary N) is 1. The summed E-state index contributed by atoms with van der Waals surface area (Å²) in [5.41, 5.74) is 1.82. The van der Waals surface area contributed by atoms with Gasteiger partial charge in [0.25, 0.3) is 0 Å². The lowest BCUT2D eigenvalue weighted by atomic mass is 10.0. The standard InChI is InChI=1S/C16H21FN2/c1-15(2)14(16(15,3)4)10-19-9-11-5-6-13(17)12(7-11)8-18/h5-7,14,19H,9-10H2,1-4H3. The fourth-order valence-electron chi connectivity index (χ4n) is 2.97. The third-order valence-corrected chi connectivity index (χ3v) is 5.15. The fourth-order valence-corrected chi connectivity index (χ4v) is 2.97. The molecular formula is C16H21FN2. The Balaban J connectivity index is 1.90. The summed E-state index contributed by atoms with van der Waals surface area (Å²) in [5, 5.41) is 12.2. The largest absolute Gasteiger partial charge is 0.312 e. The second-order valence-corrected chi connectivity index (χ2v) is 6.55. The topological polar surface area (TPSA) is 35.8 Å². The number of nitriles is 1. The lowest BCUT2D eigenvalue weighted by molar-refractivity contribution is 0.457. The minimum atomic E-state index is -0.448. The highest BCUT2D eigenvalue weighted by molar-refractivity contribution is 5.34. The van der Waals surface area contributed by atoms with Crippen molar-refractivity contribution in [2.45, 2.75) is 34.2 Å². The highest BCUT2D eigenvalue weighted by atomic mass is 19.1. The van der Waals surface area contributed by atoms with Gasteiger partial charge in [-0.1, -0.05) is 33.8 Å². The molecule has 102 valence electrons. The number of hydrogen-bond acceptors (Lipinski definition) is 2. The molecule has 3 heteroatoms. The zero-order valence-corrected chi connectivity index (χ0v) is 12.0. The smallest absolute Gasteiger partial charge is 0.140 e. The molecule has 0 amide bonds. The summed E-state index contributed by atoms with van der Waals surface area (Å²) in [6, 6.07) is 6.58. The molecule has 0 atom stereocenters. The summed E-state index contributed by atoms with van der Waals surface area (Å²) >= 11 is 0.